The summed E-state index contributed by atoms with van der Waals surface area (Å²) in [5.41, 5.74) is 4.47. The maximum atomic E-state index is 13.7. The fraction of sp³-hybridized carbons (Fsp3) is 0.387. The van der Waals surface area contributed by atoms with E-state index in [2.05, 4.69) is 45.5 Å². The normalized spacial score (nSPS) is 16.7. The number of likely N-dealkylation sites (N-methyl/N-ethyl adjacent to an activating group) is 2. The van der Waals surface area contributed by atoms with Gasteiger partial charge in [-0.1, -0.05) is 6.07 Å². The number of nitrogens with one attached hydrogen (secondary N) is 2. The highest BCUT2D eigenvalue weighted by Gasteiger charge is 2.39. The summed E-state index contributed by atoms with van der Waals surface area (Å²) in [6.07, 6.45) is -10.1. The first kappa shape index (κ1) is 44.6. The van der Waals surface area contributed by atoms with Crippen LogP contribution in [0.15, 0.2) is 48.8 Å². The molecule has 1 aromatic heterocycles. The van der Waals surface area contributed by atoms with E-state index in [-0.39, 0.29) is 24.2 Å². The lowest BCUT2D eigenvalue weighted by Crippen LogP contribution is -2.36. The van der Waals surface area contributed by atoms with Crippen molar-refractivity contribution in [3.63, 3.8) is 0 Å². The zero-order valence-electron chi connectivity index (χ0n) is 27.8. The van der Waals surface area contributed by atoms with Gasteiger partial charge in [0.15, 0.2) is 0 Å². The maximum absolute atomic E-state index is 13.7. The molecule has 0 spiro atoms. The second-order valence-electron chi connectivity index (χ2n) is 11.4. The van der Waals surface area contributed by atoms with Crippen molar-refractivity contribution in [1.29, 1.82) is 0 Å². The lowest BCUT2D eigenvalue weighted by atomic mass is 9.95. The number of carboxylic acid groups (broad SMARTS) is 3. The number of carbonyl (C=O) groups excluding carboxylic acids is 1. The average Bonchev–Trinajstić information content (AvgIpc) is 3.76. The molecule has 0 saturated carbocycles. The number of aliphatic carboxylic acids is 3. The van der Waals surface area contributed by atoms with Gasteiger partial charge < -0.3 is 35.2 Å². The van der Waals surface area contributed by atoms with E-state index in [4.69, 9.17) is 34.4 Å². The van der Waals surface area contributed by atoms with Crippen LogP contribution in [0, 0.1) is 11.7 Å². The summed E-state index contributed by atoms with van der Waals surface area (Å²) in [6, 6.07) is 10.8. The summed E-state index contributed by atoms with van der Waals surface area (Å²) in [4.78, 5) is 44.5. The second-order valence-corrected chi connectivity index (χ2v) is 11.4. The number of likely N-dealkylation sites (tertiary alicyclic amines) is 1. The van der Waals surface area contributed by atoms with E-state index in [0.717, 1.165) is 47.6 Å². The summed E-state index contributed by atoms with van der Waals surface area (Å²) in [6.45, 7) is 2.29. The van der Waals surface area contributed by atoms with E-state index >= 15 is 0 Å². The zero-order valence-corrected chi connectivity index (χ0v) is 27.8. The summed E-state index contributed by atoms with van der Waals surface area (Å²) in [5.74, 6) is -8.45. The Morgan fingerprint density at radius 3 is 1.91 bits per heavy atom. The first-order chi connectivity index (χ1) is 24.8. The maximum Gasteiger partial charge on any atom is 0.490 e. The van der Waals surface area contributed by atoms with E-state index in [1.165, 1.54) is 12.1 Å². The molecule has 1 saturated heterocycles. The molecule has 2 unspecified atom stereocenters. The number of aromatic amines is 1. The van der Waals surface area contributed by atoms with Crippen LogP contribution in [0.1, 0.15) is 12.0 Å². The number of benzene rings is 2. The van der Waals surface area contributed by atoms with Gasteiger partial charge in [0.05, 0.1) is 23.5 Å². The Balaban J connectivity index is 0.000000393. The predicted molar refractivity (Wildman–Crippen MR) is 167 cm³/mol. The Hall–Kier alpha value is -5.61. The summed E-state index contributed by atoms with van der Waals surface area (Å²) in [5, 5.41) is 31.4. The highest BCUT2D eigenvalue weighted by atomic mass is 19.4. The number of amides is 1. The van der Waals surface area contributed by atoms with Gasteiger partial charge in [-0.25, -0.2) is 18.8 Å². The van der Waals surface area contributed by atoms with E-state index in [1.54, 1.807) is 12.3 Å². The van der Waals surface area contributed by atoms with Gasteiger partial charge in [-0.3, -0.25) is 9.89 Å². The Morgan fingerprint density at radius 2 is 1.44 bits per heavy atom. The quantitative estimate of drug-likeness (QED) is 0.207. The number of carboxylic acids is 3. The topological polar surface area (TPSA) is 185 Å². The molecule has 2 aliphatic heterocycles. The van der Waals surface area contributed by atoms with Crippen LogP contribution in [0.25, 0.3) is 11.1 Å². The van der Waals surface area contributed by atoms with Crippen molar-refractivity contribution in [2.45, 2.75) is 37.4 Å². The largest absolute Gasteiger partial charge is 0.492 e. The second kappa shape index (κ2) is 18.4. The number of ether oxygens (including phenoxy) is 1. The first-order valence-corrected chi connectivity index (χ1v) is 15.0. The van der Waals surface area contributed by atoms with Crippen molar-refractivity contribution in [3.8, 4) is 16.9 Å². The third-order valence-electron chi connectivity index (χ3n) is 7.41. The van der Waals surface area contributed by atoms with Gasteiger partial charge in [-0.15, -0.1) is 0 Å². The van der Waals surface area contributed by atoms with E-state index in [1.807, 2.05) is 18.3 Å². The third kappa shape index (κ3) is 13.7. The van der Waals surface area contributed by atoms with Crippen LogP contribution in [-0.2, 0) is 25.6 Å². The van der Waals surface area contributed by atoms with Crippen LogP contribution in [-0.4, -0.2) is 113 Å². The van der Waals surface area contributed by atoms with E-state index in [0.29, 0.717) is 18.2 Å². The molecular formula is C31H31F10N5O8. The number of halogens is 10. The molecule has 0 bridgehead atoms. The van der Waals surface area contributed by atoms with E-state index in [9.17, 15) is 48.7 Å². The number of H-pyrrole nitrogens is 1. The molecular weight excluding hydrogens is 760 g/mol. The van der Waals surface area contributed by atoms with Crippen LogP contribution in [0.2, 0.25) is 0 Å². The molecule has 2 aromatic carbocycles. The minimum atomic E-state index is -5.08. The van der Waals surface area contributed by atoms with Gasteiger partial charge in [-0.2, -0.15) is 44.6 Å². The van der Waals surface area contributed by atoms with Gasteiger partial charge in [0.2, 0.25) is 5.91 Å². The fourth-order valence-electron chi connectivity index (χ4n) is 4.71. The number of carbonyl (C=O) groups is 4. The van der Waals surface area contributed by atoms with Crippen molar-refractivity contribution in [3.05, 3.63) is 60.2 Å². The molecule has 2 atom stereocenters. The van der Waals surface area contributed by atoms with Crippen LogP contribution in [0.3, 0.4) is 0 Å². The minimum Gasteiger partial charge on any atom is -0.492 e. The molecule has 5 rings (SSSR count). The molecule has 3 aromatic rings. The smallest absolute Gasteiger partial charge is 0.490 e. The molecule has 23 heteroatoms. The van der Waals surface area contributed by atoms with Crippen molar-refractivity contribution in [2.75, 3.05) is 44.0 Å². The van der Waals surface area contributed by atoms with Crippen molar-refractivity contribution in [1.82, 2.24) is 15.1 Å². The standard InChI is InChI=1S/C25H28FN5O2.3C2HF3O2/c1-30-8-7-21(14-30)31(2)23-11-16(19-12-27-28-13-19)3-5-22(23)29-25(32)18-9-17-10-20(26)4-6-24(17)33-15-18;3*3-2(4,5)1(6)7/h3-6,10-13,18,21H,7-9,14-15H2,1-2H3,(H,27,28)(H,29,32);3*(H,6,7). The van der Waals surface area contributed by atoms with Gasteiger partial charge in [-0.05, 0) is 67.9 Å². The highest BCUT2D eigenvalue weighted by Crippen LogP contribution is 2.35. The molecule has 5 N–H and O–H groups in total. The summed E-state index contributed by atoms with van der Waals surface area (Å²) in [7, 11) is 4.21. The lowest BCUT2D eigenvalue weighted by molar-refractivity contribution is -0.193. The third-order valence-corrected chi connectivity index (χ3v) is 7.41. The van der Waals surface area contributed by atoms with Gasteiger partial charge in [0, 0.05) is 31.4 Å². The van der Waals surface area contributed by atoms with Crippen molar-refractivity contribution in [2.24, 2.45) is 5.92 Å². The van der Waals surface area contributed by atoms with Crippen LogP contribution >= 0.6 is 0 Å². The molecule has 0 aliphatic carbocycles. The number of hydrogen-bond acceptors (Lipinski definition) is 8. The zero-order chi connectivity index (χ0) is 41.2. The molecule has 1 fully saturated rings. The molecule has 298 valence electrons. The fourth-order valence-corrected chi connectivity index (χ4v) is 4.71. The van der Waals surface area contributed by atoms with Crippen LogP contribution in [0.4, 0.5) is 55.3 Å². The number of anilines is 2. The van der Waals surface area contributed by atoms with Crippen LogP contribution < -0.4 is 15.0 Å². The Bertz CT molecular complexity index is 1690. The van der Waals surface area contributed by atoms with Crippen LogP contribution in [0.5, 0.6) is 5.75 Å². The Morgan fingerprint density at radius 1 is 0.889 bits per heavy atom. The number of fused-ring (bicyclic) bond motifs is 1. The number of alkyl halides is 9. The van der Waals surface area contributed by atoms with Gasteiger partial charge in [0.25, 0.3) is 0 Å². The number of rotatable bonds is 5. The van der Waals surface area contributed by atoms with Gasteiger partial charge in [0.1, 0.15) is 18.2 Å². The molecule has 0 radical (unpaired) electrons. The Labute approximate surface area is 298 Å². The average molecular weight is 792 g/mol. The highest BCUT2D eigenvalue weighted by molar-refractivity contribution is 5.97. The molecule has 3 heterocycles. The molecule has 13 nitrogen and oxygen atoms in total. The number of nitrogens with zero attached hydrogens (tertiary/aromatic N) is 3. The van der Waals surface area contributed by atoms with E-state index < -0.39 is 36.4 Å². The molecule has 2 aliphatic rings. The summed E-state index contributed by atoms with van der Waals surface area (Å²) < 4.78 is 115. The summed E-state index contributed by atoms with van der Waals surface area (Å²) >= 11 is 0. The van der Waals surface area contributed by atoms with Crippen molar-refractivity contribution >= 4 is 35.2 Å². The predicted octanol–water partition coefficient (Wildman–Crippen LogP) is 5.45. The number of aromatic nitrogens is 2. The van der Waals surface area contributed by atoms with Gasteiger partial charge >= 0.3 is 36.4 Å². The SMILES string of the molecule is CN1CCC(N(C)c2cc(-c3cn[nH]c3)ccc2NC(=O)C2COc3ccc(F)cc3C2)C1.O=C(O)C(F)(F)F.O=C(O)C(F)(F)F.O=C(O)C(F)(F)F. The molecule has 54 heavy (non-hydrogen) atoms. The molecule has 1 amide bonds. The lowest BCUT2D eigenvalue weighted by Gasteiger charge is -2.30. The van der Waals surface area contributed by atoms with Crippen molar-refractivity contribution < 1.29 is 83.1 Å². The number of hydrogen-bond donors (Lipinski definition) is 5. The minimum absolute atomic E-state index is 0.126. The Kier molecular flexibility index (Phi) is 15.2. The first-order valence-electron chi connectivity index (χ1n) is 15.0. The monoisotopic (exact) mass is 791 g/mol.